The number of hydrogen-bond acceptors (Lipinski definition) is 4. The molecule has 1 fully saturated rings. The van der Waals surface area contributed by atoms with Gasteiger partial charge in [0.2, 0.25) is 0 Å². The minimum atomic E-state index is 0.521. The summed E-state index contributed by atoms with van der Waals surface area (Å²) in [5.41, 5.74) is 1.17. The average Bonchev–Trinajstić information content (AvgIpc) is 2.70. The second kappa shape index (κ2) is 12.6. The van der Waals surface area contributed by atoms with E-state index in [9.17, 15) is 0 Å². The van der Waals surface area contributed by atoms with Crippen LogP contribution in [0.4, 0.5) is 5.69 Å². The van der Waals surface area contributed by atoms with Crippen LogP contribution in [0, 0.1) is 5.92 Å². The largest absolute Gasteiger partial charge is 0.385 e. The molecule has 1 aromatic rings. The maximum absolute atomic E-state index is 5.51. The summed E-state index contributed by atoms with van der Waals surface area (Å²) in [4.78, 5) is 6.92. The SMILES string of the molecule is CN=C(NCCCNc1ccccc1)NCC(CC(C)C)N1CCOCC1. The van der Waals surface area contributed by atoms with Gasteiger partial charge in [-0.15, -0.1) is 0 Å². The predicted octanol–water partition coefficient (Wildman–Crippen LogP) is 2.40. The second-order valence-electron chi connectivity index (χ2n) is 7.46. The van der Waals surface area contributed by atoms with E-state index in [1.165, 1.54) is 12.1 Å². The van der Waals surface area contributed by atoms with Gasteiger partial charge in [0.05, 0.1) is 13.2 Å². The van der Waals surface area contributed by atoms with Crippen LogP contribution in [-0.2, 0) is 4.74 Å². The summed E-state index contributed by atoms with van der Waals surface area (Å²) in [5.74, 6) is 1.57. The molecule has 0 bridgehead atoms. The lowest BCUT2D eigenvalue weighted by Gasteiger charge is -2.35. The highest BCUT2D eigenvalue weighted by atomic mass is 16.5. The molecule has 0 amide bonds. The first kappa shape index (κ1) is 21.5. The number of morpholine rings is 1. The van der Waals surface area contributed by atoms with E-state index >= 15 is 0 Å². The smallest absolute Gasteiger partial charge is 0.191 e. The summed E-state index contributed by atoms with van der Waals surface area (Å²) in [7, 11) is 1.84. The maximum Gasteiger partial charge on any atom is 0.191 e. The van der Waals surface area contributed by atoms with E-state index in [-0.39, 0.29) is 0 Å². The van der Waals surface area contributed by atoms with Crippen LogP contribution in [0.25, 0.3) is 0 Å². The van der Waals surface area contributed by atoms with Crippen LogP contribution in [0.5, 0.6) is 0 Å². The Balaban J connectivity index is 1.67. The molecule has 0 spiro atoms. The summed E-state index contributed by atoms with van der Waals surface area (Å²) in [5, 5.41) is 10.4. The van der Waals surface area contributed by atoms with Gasteiger partial charge in [0, 0.05) is 51.5 Å². The first-order valence-corrected chi connectivity index (χ1v) is 10.2. The number of anilines is 1. The predicted molar refractivity (Wildman–Crippen MR) is 115 cm³/mol. The maximum atomic E-state index is 5.51. The number of para-hydroxylation sites is 1. The lowest BCUT2D eigenvalue weighted by Crippen LogP contribution is -2.51. The lowest BCUT2D eigenvalue weighted by atomic mass is 10.0. The molecule has 0 radical (unpaired) electrons. The minimum Gasteiger partial charge on any atom is -0.385 e. The Bertz CT molecular complexity index is 529. The molecule has 1 saturated heterocycles. The molecule has 1 atom stereocenters. The molecule has 152 valence electrons. The third-order valence-electron chi connectivity index (χ3n) is 4.78. The average molecular weight is 376 g/mol. The van der Waals surface area contributed by atoms with Crippen molar-refractivity contribution in [2.24, 2.45) is 10.9 Å². The van der Waals surface area contributed by atoms with E-state index in [4.69, 9.17) is 4.74 Å². The van der Waals surface area contributed by atoms with E-state index in [0.717, 1.165) is 58.3 Å². The van der Waals surface area contributed by atoms with Crippen molar-refractivity contribution < 1.29 is 4.74 Å². The number of nitrogens with zero attached hydrogens (tertiary/aromatic N) is 2. The zero-order valence-electron chi connectivity index (χ0n) is 17.2. The monoisotopic (exact) mass is 375 g/mol. The molecule has 3 N–H and O–H groups in total. The van der Waals surface area contributed by atoms with Gasteiger partial charge in [-0.25, -0.2) is 0 Å². The van der Waals surface area contributed by atoms with Crippen molar-refractivity contribution in [3.8, 4) is 0 Å². The summed E-state index contributed by atoms with van der Waals surface area (Å²) in [6, 6.07) is 10.8. The van der Waals surface area contributed by atoms with Gasteiger partial charge in [-0.3, -0.25) is 9.89 Å². The van der Waals surface area contributed by atoms with Crippen LogP contribution in [0.15, 0.2) is 35.3 Å². The van der Waals surface area contributed by atoms with Crippen molar-refractivity contribution in [3.63, 3.8) is 0 Å². The topological polar surface area (TPSA) is 60.9 Å². The first-order valence-electron chi connectivity index (χ1n) is 10.2. The lowest BCUT2D eigenvalue weighted by molar-refractivity contribution is 0.0132. The highest BCUT2D eigenvalue weighted by Crippen LogP contribution is 2.13. The molecular weight excluding hydrogens is 338 g/mol. The van der Waals surface area contributed by atoms with Gasteiger partial charge >= 0.3 is 0 Å². The Morgan fingerprint density at radius 2 is 1.85 bits per heavy atom. The quantitative estimate of drug-likeness (QED) is 0.333. The van der Waals surface area contributed by atoms with Crippen LogP contribution < -0.4 is 16.0 Å². The fourth-order valence-electron chi connectivity index (χ4n) is 3.37. The van der Waals surface area contributed by atoms with Gasteiger partial charge in [-0.05, 0) is 30.9 Å². The van der Waals surface area contributed by atoms with Crippen LogP contribution >= 0.6 is 0 Å². The van der Waals surface area contributed by atoms with Gasteiger partial charge in [0.15, 0.2) is 5.96 Å². The third-order valence-corrected chi connectivity index (χ3v) is 4.78. The molecule has 0 aromatic heterocycles. The number of rotatable bonds is 10. The van der Waals surface area contributed by atoms with Crippen LogP contribution in [-0.4, -0.2) is 69.9 Å². The number of benzene rings is 1. The number of aliphatic imine (C=N–C) groups is 1. The molecule has 1 aromatic carbocycles. The highest BCUT2D eigenvalue weighted by molar-refractivity contribution is 5.79. The van der Waals surface area contributed by atoms with Gasteiger partial charge in [0.25, 0.3) is 0 Å². The Morgan fingerprint density at radius 1 is 1.11 bits per heavy atom. The normalized spacial score (nSPS) is 17.0. The van der Waals surface area contributed by atoms with Crippen LogP contribution in [0.2, 0.25) is 0 Å². The van der Waals surface area contributed by atoms with Gasteiger partial charge in [-0.1, -0.05) is 32.0 Å². The zero-order valence-corrected chi connectivity index (χ0v) is 17.2. The summed E-state index contributed by atoms with van der Waals surface area (Å²) in [6.07, 6.45) is 2.22. The molecular formula is C21H37N5O. The number of hydrogen-bond donors (Lipinski definition) is 3. The molecule has 1 aliphatic rings. The van der Waals surface area contributed by atoms with E-state index < -0.39 is 0 Å². The molecule has 1 aliphatic heterocycles. The highest BCUT2D eigenvalue weighted by Gasteiger charge is 2.22. The summed E-state index contributed by atoms with van der Waals surface area (Å²) < 4.78 is 5.51. The van der Waals surface area contributed by atoms with E-state index in [1.807, 2.05) is 25.2 Å². The molecule has 0 saturated carbocycles. The van der Waals surface area contributed by atoms with E-state index in [1.54, 1.807) is 0 Å². The third kappa shape index (κ3) is 8.63. The van der Waals surface area contributed by atoms with Crippen molar-refractivity contribution in [1.82, 2.24) is 15.5 Å². The molecule has 1 unspecified atom stereocenters. The van der Waals surface area contributed by atoms with E-state index in [2.05, 4.69) is 51.8 Å². The zero-order chi connectivity index (χ0) is 19.3. The van der Waals surface area contributed by atoms with Gasteiger partial charge in [0.1, 0.15) is 0 Å². The van der Waals surface area contributed by atoms with Crippen molar-refractivity contribution in [1.29, 1.82) is 0 Å². The Morgan fingerprint density at radius 3 is 2.52 bits per heavy atom. The van der Waals surface area contributed by atoms with Crippen molar-refractivity contribution >= 4 is 11.6 Å². The van der Waals surface area contributed by atoms with Crippen molar-refractivity contribution in [3.05, 3.63) is 30.3 Å². The Kier molecular flexibility index (Phi) is 10.0. The summed E-state index contributed by atoms with van der Waals surface area (Å²) in [6.45, 7) is 11.1. The van der Waals surface area contributed by atoms with Gasteiger partial charge < -0.3 is 20.7 Å². The first-order chi connectivity index (χ1) is 13.2. The molecule has 1 heterocycles. The molecule has 27 heavy (non-hydrogen) atoms. The number of guanidine groups is 1. The standard InChI is InChI=1S/C21H37N5O/c1-18(2)16-20(26-12-14-27-15-13-26)17-25-21(22-3)24-11-7-10-23-19-8-5-4-6-9-19/h4-6,8-9,18,20,23H,7,10-17H2,1-3H3,(H2,22,24,25). The molecule has 0 aliphatic carbocycles. The number of ether oxygens (including phenoxy) is 1. The Hall–Kier alpha value is -1.79. The van der Waals surface area contributed by atoms with Crippen molar-refractivity contribution in [2.75, 3.05) is 58.3 Å². The molecule has 6 heteroatoms. The minimum absolute atomic E-state index is 0.521. The fourth-order valence-corrected chi connectivity index (χ4v) is 3.37. The summed E-state index contributed by atoms with van der Waals surface area (Å²) >= 11 is 0. The second-order valence-corrected chi connectivity index (χ2v) is 7.46. The molecule has 2 rings (SSSR count). The molecule has 6 nitrogen and oxygen atoms in total. The van der Waals surface area contributed by atoms with Gasteiger partial charge in [-0.2, -0.15) is 0 Å². The Labute approximate surface area is 164 Å². The van der Waals surface area contributed by atoms with Crippen LogP contribution in [0.3, 0.4) is 0 Å². The fraction of sp³-hybridized carbons (Fsp3) is 0.667. The van der Waals surface area contributed by atoms with Crippen LogP contribution in [0.1, 0.15) is 26.7 Å². The number of nitrogens with one attached hydrogen (secondary N) is 3. The van der Waals surface area contributed by atoms with Crippen molar-refractivity contribution in [2.45, 2.75) is 32.7 Å². The van der Waals surface area contributed by atoms with E-state index in [0.29, 0.717) is 12.0 Å².